The minimum atomic E-state index is -4.69. The summed E-state index contributed by atoms with van der Waals surface area (Å²) in [6.45, 7) is 3.26. The van der Waals surface area contributed by atoms with Gasteiger partial charge < -0.3 is 50.0 Å². The molecule has 1 saturated heterocycles. The molecule has 0 spiro atoms. The van der Waals surface area contributed by atoms with E-state index in [4.69, 9.17) is 18.9 Å². The standard InChI is InChI=1S/C34H47N3O17S/c1-3-19(2)33(47)52-17-20-9-10-21(53-34-29(43)27(41)28(42)30(54-34)32(45)46)16-23(20)51-15-7-13-35-31(44)22(18-55(48,49)50)36-24(38)8-5-4-6-14-37-25(39)11-12-26(37)40/h9-12,16,19,22,27-30,34,41-43H,3-8,13-15,17-18H2,1-2H3,(H,35,44)(H,36,38)(H,45,46)(H,48,49,50)/t19?,22-,27-,28-,29+,30-,34+/m0/s1. The highest BCUT2D eigenvalue weighted by Crippen LogP contribution is 2.30. The van der Waals surface area contributed by atoms with Gasteiger partial charge in [-0.1, -0.05) is 20.3 Å². The molecule has 2 aliphatic heterocycles. The molecule has 0 radical (unpaired) electrons. The second kappa shape index (κ2) is 20.9. The monoisotopic (exact) mass is 801 g/mol. The van der Waals surface area contributed by atoms with E-state index in [0.29, 0.717) is 31.2 Å². The second-order valence-corrected chi connectivity index (χ2v) is 14.4. The molecule has 2 aliphatic rings. The molecule has 55 heavy (non-hydrogen) atoms. The van der Waals surface area contributed by atoms with Crippen LogP contribution in [0.3, 0.4) is 0 Å². The lowest BCUT2D eigenvalue weighted by Gasteiger charge is -2.38. The average Bonchev–Trinajstić information content (AvgIpc) is 3.45. The maximum Gasteiger partial charge on any atom is 0.335 e. The van der Waals surface area contributed by atoms with E-state index in [1.165, 1.54) is 18.2 Å². The number of carbonyl (C=O) groups excluding carboxylic acids is 5. The molecule has 21 heteroatoms. The Kier molecular flexibility index (Phi) is 17.0. The summed E-state index contributed by atoms with van der Waals surface area (Å²) >= 11 is 0. The van der Waals surface area contributed by atoms with E-state index in [-0.39, 0.29) is 56.6 Å². The summed E-state index contributed by atoms with van der Waals surface area (Å²) in [5, 5.41) is 44.5. The minimum Gasteiger partial charge on any atom is -0.493 e. The maximum atomic E-state index is 12.8. The van der Waals surface area contributed by atoms with Crippen LogP contribution in [0.4, 0.5) is 0 Å². The van der Waals surface area contributed by atoms with Crippen LogP contribution in [0, 0.1) is 5.92 Å². The fourth-order valence-electron chi connectivity index (χ4n) is 5.24. The molecule has 0 aliphatic carbocycles. The Morgan fingerprint density at radius 2 is 1.67 bits per heavy atom. The number of benzene rings is 1. The summed E-state index contributed by atoms with van der Waals surface area (Å²) in [5.74, 6) is -5.91. The lowest BCUT2D eigenvalue weighted by Crippen LogP contribution is -2.61. The number of aliphatic hydroxyl groups is 3. The van der Waals surface area contributed by atoms with Crippen LogP contribution in [0.1, 0.15) is 57.9 Å². The molecule has 1 fully saturated rings. The number of hydrogen-bond acceptors (Lipinski definition) is 15. The first-order chi connectivity index (χ1) is 25.9. The Bertz CT molecular complexity index is 1670. The van der Waals surface area contributed by atoms with E-state index in [0.717, 1.165) is 17.1 Å². The number of nitrogens with one attached hydrogen (secondary N) is 2. The van der Waals surface area contributed by atoms with Crippen molar-refractivity contribution in [1.29, 1.82) is 0 Å². The van der Waals surface area contributed by atoms with Crippen LogP contribution < -0.4 is 20.1 Å². The summed E-state index contributed by atoms with van der Waals surface area (Å²) in [4.78, 5) is 73.4. The van der Waals surface area contributed by atoms with E-state index >= 15 is 0 Å². The summed E-state index contributed by atoms with van der Waals surface area (Å²) in [5.41, 5.74) is 0.364. The summed E-state index contributed by atoms with van der Waals surface area (Å²) in [6.07, 6.45) is -5.27. The van der Waals surface area contributed by atoms with Crippen LogP contribution in [-0.4, -0.2) is 136 Å². The number of aliphatic hydroxyl groups excluding tert-OH is 3. The normalized spacial score (nSPS) is 22.1. The van der Waals surface area contributed by atoms with E-state index in [2.05, 4.69) is 10.6 Å². The summed E-state index contributed by atoms with van der Waals surface area (Å²) in [7, 11) is -4.69. The topological polar surface area (TPSA) is 302 Å². The van der Waals surface area contributed by atoms with Gasteiger partial charge in [0.2, 0.25) is 18.1 Å². The average molecular weight is 802 g/mol. The molecule has 0 bridgehead atoms. The molecule has 20 nitrogen and oxygen atoms in total. The van der Waals surface area contributed by atoms with Gasteiger partial charge in [0, 0.05) is 43.3 Å². The fraction of sp³-hybridized carbons (Fsp3) is 0.588. The Morgan fingerprint density at radius 1 is 0.982 bits per heavy atom. The highest BCUT2D eigenvalue weighted by molar-refractivity contribution is 7.85. The van der Waals surface area contributed by atoms with Crippen molar-refractivity contribution in [1.82, 2.24) is 15.5 Å². The number of unbranched alkanes of at least 4 members (excludes halogenated alkanes) is 2. The van der Waals surface area contributed by atoms with Gasteiger partial charge in [0.1, 0.15) is 48.2 Å². The summed E-state index contributed by atoms with van der Waals surface area (Å²) < 4.78 is 54.5. The van der Waals surface area contributed by atoms with Crippen molar-refractivity contribution in [3.8, 4) is 11.5 Å². The van der Waals surface area contributed by atoms with Crippen molar-refractivity contribution < 1.29 is 81.1 Å². The number of rotatable bonds is 22. The number of amides is 4. The highest BCUT2D eigenvalue weighted by atomic mass is 32.2. The van der Waals surface area contributed by atoms with Crippen LogP contribution in [0.2, 0.25) is 0 Å². The number of carbonyl (C=O) groups is 6. The van der Waals surface area contributed by atoms with Crippen molar-refractivity contribution >= 4 is 45.7 Å². The number of carboxylic acid groups (broad SMARTS) is 1. The van der Waals surface area contributed by atoms with Gasteiger partial charge in [-0.05, 0) is 37.8 Å². The van der Waals surface area contributed by atoms with Crippen LogP contribution >= 0.6 is 0 Å². The number of hydrogen-bond donors (Lipinski definition) is 7. The Morgan fingerprint density at radius 3 is 2.31 bits per heavy atom. The largest absolute Gasteiger partial charge is 0.493 e. The first-order valence-electron chi connectivity index (χ1n) is 17.5. The summed E-state index contributed by atoms with van der Waals surface area (Å²) in [6, 6.07) is 2.52. The van der Waals surface area contributed by atoms with E-state index < -0.39 is 88.2 Å². The third-order valence-electron chi connectivity index (χ3n) is 8.58. The van der Waals surface area contributed by atoms with E-state index in [9.17, 15) is 62.2 Å². The number of esters is 1. The smallest absolute Gasteiger partial charge is 0.335 e. The van der Waals surface area contributed by atoms with Gasteiger partial charge in [-0.15, -0.1) is 0 Å². The highest BCUT2D eigenvalue weighted by Gasteiger charge is 2.48. The molecule has 7 atom stereocenters. The van der Waals surface area contributed by atoms with Gasteiger partial charge in [-0.3, -0.25) is 33.4 Å². The van der Waals surface area contributed by atoms with Crippen molar-refractivity contribution in [2.45, 2.75) is 95.7 Å². The first-order valence-corrected chi connectivity index (χ1v) is 19.1. The zero-order valence-electron chi connectivity index (χ0n) is 30.2. The molecule has 2 heterocycles. The zero-order valence-corrected chi connectivity index (χ0v) is 31.0. The molecular weight excluding hydrogens is 754 g/mol. The molecule has 7 N–H and O–H groups in total. The molecule has 4 amide bonds. The molecule has 1 aromatic rings. The van der Waals surface area contributed by atoms with Crippen LogP contribution in [0.15, 0.2) is 30.4 Å². The lowest BCUT2D eigenvalue weighted by molar-refractivity contribution is -0.271. The van der Waals surface area contributed by atoms with Crippen LogP contribution in [0.25, 0.3) is 0 Å². The number of aliphatic carboxylic acids is 1. The van der Waals surface area contributed by atoms with E-state index in [1.807, 2.05) is 6.92 Å². The lowest BCUT2D eigenvalue weighted by atomic mass is 9.99. The number of imide groups is 1. The first kappa shape index (κ1) is 44.7. The van der Waals surface area contributed by atoms with Crippen molar-refractivity contribution in [2.75, 3.05) is 25.4 Å². The maximum absolute atomic E-state index is 12.8. The van der Waals surface area contributed by atoms with Gasteiger partial charge in [0.05, 0.1) is 12.5 Å². The van der Waals surface area contributed by atoms with Crippen molar-refractivity contribution in [2.24, 2.45) is 5.92 Å². The minimum absolute atomic E-state index is 0.0324. The van der Waals surface area contributed by atoms with Gasteiger partial charge in [0.25, 0.3) is 21.9 Å². The SMILES string of the molecule is CCC(C)C(=O)OCc1ccc(O[C@@H]2O[C@H](C(=O)O)[C@@H](O)[C@H](O)[C@H]2O)cc1OCCCNC(=O)[C@H](CS(=O)(=O)O)NC(=O)CCCCCN1C(=O)C=CC1=O. The fourth-order valence-corrected chi connectivity index (χ4v) is 5.89. The molecule has 306 valence electrons. The predicted octanol–water partition coefficient (Wildman–Crippen LogP) is -1.21. The van der Waals surface area contributed by atoms with Gasteiger partial charge >= 0.3 is 11.9 Å². The van der Waals surface area contributed by atoms with Crippen molar-refractivity contribution in [3.63, 3.8) is 0 Å². The van der Waals surface area contributed by atoms with E-state index in [1.54, 1.807) is 6.92 Å². The zero-order chi connectivity index (χ0) is 40.9. The molecule has 3 rings (SSSR count). The Balaban J connectivity index is 1.57. The Hall–Kier alpha value is -4.67. The number of ether oxygens (including phenoxy) is 4. The molecular formula is C34H47N3O17S. The quantitative estimate of drug-likeness (QED) is 0.0313. The molecule has 0 saturated carbocycles. The molecule has 0 aromatic heterocycles. The van der Waals surface area contributed by atoms with Gasteiger partial charge in [-0.25, -0.2) is 4.79 Å². The second-order valence-electron chi connectivity index (χ2n) is 12.9. The third-order valence-corrected chi connectivity index (χ3v) is 9.34. The number of nitrogens with zero attached hydrogens (tertiary/aromatic N) is 1. The van der Waals surface area contributed by atoms with Crippen LogP contribution in [0.5, 0.6) is 11.5 Å². The molecule has 1 unspecified atom stereocenters. The third kappa shape index (κ3) is 13.8. The van der Waals surface area contributed by atoms with Gasteiger partial charge in [0.15, 0.2) is 6.10 Å². The predicted molar refractivity (Wildman–Crippen MR) is 186 cm³/mol. The van der Waals surface area contributed by atoms with Gasteiger partial charge in [-0.2, -0.15) is 8.42 Å². The van der Waals surface area contributed by atoms with Crippen LogP contribution in [-0.2, 0) is 55.0 Å². The Labute approximate surface area is 316 Å². The number of carboxylic acids is 1. The van der Waals surface area contributed by atoms with Crippen molar-refractivity contribution in [3.05, 3.63) is 35.9 Å². The molecule has 1 aromatic carbocycles.